The lowest BCUT2D eigenvalue weighted by Crippen LogP contribution is -2.52. The van der Waals surface area contributed by atoms with Gasteiger partial charge >= 0.3 is 0 Å². The molecular formula is C17H24N8O3S. The molecule has 0 unspecified atom stereocenters. The van der Waals surface area contributed by atoms with Crippen molar-refractivity contribution >= 4 is 21.7 Å². The van der Waals surface area contributed by atoms with Crippen molar-refractivity contribution in [1.29, 1.82) is 0 Å². The molecule has 2 aromatic rings. The Bertz CT molecular complexity index is 949. The summed E-state index contributed by atoms with van der Waals surface area (Å²) in [4.78, 5) is 29.4. The highest BCUT2D eigenvalue weighted by atomic mass is 32.2. The van der Waals surface area contributed by atoms with Gasteiger partial charge in [-0.2, -0.15) is 5.10 Å². The van der Waals surface area contributed by atoms with Crippen molar-refractivity contribution in [3.8, 4) is 5.82 Å². The van der Waals surface area contributed by atoms with Gasteiger partial charge in [0.1, 0.15) is 24.8 Å². The third kappa shape index (κ3) is 4.37. The van der Waals surface area contributed by atoms with E-state index < -0.39 is 10.0 Å². The summed E-state index contributed by atoms with van der Waals surface area (Å²) in [5, 5.41) is 4.08. The maximum Gasteiger partial charge on any atom is 0.225 e. The second kappa shape index (κ2) is 8.03. The summed E-state index contributed by atoms with van der Waals surface area (Å²) in [6, 6.07) is 1.85. The fraction of sp³-hybridized carbons (Fsp3) is 0.588. The summed E-state index contributed by atoms with van der Waals surface area (Å²) >= 11 is 0. The summed E-state index contributed by atoms with van der Waals surface area (Å²) in [5.41, 5.74) is 0. The van der Waals surface area contributed by atoms with Crippen molar-refractivity contribution in [1.82, 2.24) is 33.9 Å². The van der Waals surface area contributed by atoms with E-state index in [9.17, 15) is 13.2 Å². The van der Waals surface area contributed by atoms with Crippen LogP contribution >= 0.6 is 0 Å². The zero-order valence-electron chi connectivity index (χ0n) is 16.3. The number of hydrogen-bond donors (Lipinski definition) is 0. The minimum Gasteiger partial charge on any atom is -0.353 e. The van der Waals surface area contributed by atoms with Gasteiger partial charge in [-0.25, -0.2) is 32.4 Å². The van der Waals surface area contributed by atoms with Crippen LogP contribution in [0.1, 0.15) is 12.8 Å². The quantitative estimate of drug-likeness (QED) is 0.642. The standard InChI is InChI=1S/C17H24N8O3S/c1-29(27,28)24-4-2-14(3-5-24)17(26)23-8-6-22(7-9-23)15-10-16(20-12-19-15)25-13-18-11-21-25/h10-14H,2-9H2,1H3. The third-order valence-electron chi connectivity index (χ3n) is 5.48. The van der Waals surface area contributed by atoms with Gasteiger partial charge in [0.05, 0.1) is 6.26 Å². The molecule has 1 amide bonds. The van der Waals surface area contributed by atoms with E-state index in [1.807, 2.05) is 11.0 Å². The van der Waals surface area contributed by atoms with Crippen molar-refractivity contribution < 1.29 is 13.2 Å². The van der Waals surface area contributed by atoms with E-state index in [0.717, 1.165) is 5.82 Å². The molecular weight excluding hydrogens is 396 g/mol. The average molecular weight is 420 g/mol. The number of carbonyl (C=O) groups excluding carboxylic acids is 1. The monoisotopic (exact) mass is 420 g/mol. The Morgan fingerprint density at radius 2 is 1.69 bits per heavy atom. The average Bonchev–Trinajstić information content (AvgIpc) is 3.28. The third-order valence-corrected chi connectivity index (χ3v) is 6.78. The Hall–Kier alpha value is -2.60. The molecule has 2 fully saturated rings. The molecule has 12 heteroatoms. The molecule has 2 aliphatic heterocycles. The highest BCUT2D eigenvalue weighted by molar-refractivity contribution is 7.88. The lowest BCUT2D eigenvalue weighted by Gasteiger charge is -2.38. The molecule has 0 aliphatic carbocycles. The van der Waals surface area contributed by atoms with Crippen molar-refractivity contribution in [2.75, 3.05) is 50.4 Å². The van der Waals surface area contributed by atoms with Gasteiger partial charge in [0.15, 0.2) is 5.82 Å². The van der Waals surface area contributed by atoms with Crippen LogP contribution in [0.15, 0.2) is 25.0 Å². The second-order valence-electron chi connectivity index (χ2n) is 7.32. The van der Waals surface area contributed by atoms with Crippen LogP contribution in [0, 0.1) is 5.92 Å². The molecule has 0 aromatic carbocycles. The van der Waals surface area contributed by atoms with Crippen molar-refractivity contribution in [3.63, 3.8) is 0 Å². The largest absolute Gasteiger partial charge is 0.353 e. The van der Waals surface area contributed by atoms with E-state index in [-0.39, 0.29) is 11.8 Å². The smallest absolute Gasteiger partial charge is 0.225 e. The molecule has 0 spiro atoms. The molecule has 0 radical (unpaired) electrons. The van der Waals surface area contributed by atoms with Gasteiger partial charge in [-0.1, -0.05) is 0 Å². The fourth-order valence-corrected chi connectivity index (χ4v) is 4.68. The van der Waals surface area contributed by atoms with E-state index in [1.54, 1.807) is 11.0 Å². The maximum absolute atomic E-state index is 12.9. The topological polar surface area (TPSA) is 117 Å². The van der Waals surface area contributed by atoms with Crippen LogP contribution in [0.4, 0.5) is 5.82 Å². The van der Waals surface area contributed by atoms with E-state index in [0.29, 0.717) is 57.9 Å². The van der Waals surface area contributed by atoms with Crippen LogP contribution in [-0.2, 0) is 14.8 Å². The minimum absolute atomic E-state index is 0.0995. The summed E-state index contributed by atoms with van der Waals surface area (Å²) in [5.74, 6) is 1.46. The molecule has 0 N–H and O–H groups in total. The Kier molecular flexibility index (Phi) is 5.46. The van der Waals surface area contributed by atoms with Crippen molar-refractivity contribution in [2.24, 2.45) is 5.92 Å². The number of anilines is 1. The number of piperazine rings is 1. The highest BCUT2D eigenvalue weighted by Gasteiger charge is 2.32. The molecule has 156 valence electrons. The Morgan fingerprint density at radius 1 is 1.00 bits per heavy atom. The van der Waals surface area contributed by atoms with Gasteiger partial charge in [-0.05, 0) is 12.8 Å². The Balaban J connectivity index is 1.33. The first-order chi connectivity index (χ1) is 13.9. The van der Waals surface area contributed by atoms with E-state index in [4.69, 9.17) is 0 Å². The molecule has 0 bridgehead atoms. The van der Waals surface area contributed by atoms with Crippen LogP contribution in [-0.4, -0.2) is 93.8 Å². The maximum atomic E-state index is 12.9. The number of nitrogens with zero attached hydrogens (tertiary/aromatic N) is 8. The van der Waals surface area contributed by atoms with Gasteiger partial charge < -0.3 is 9.80 Å². The van der Waals surface area contributed by atoms with Crippen molar-refractivity contribution in [2.45, 2.75) is 12.8 Å². The van der Waals surface area contributed by atoms with E-state index in [2.05, 4.69) is 25.0 Å². The Morgan fingerprint density at radius 3 is 2.31 bits per heavy atom. The van der Waals surface area contributed by atoms with Gasteiger partial charge in [-0.15, -0.1) is 0 Å². The Labute approximate surface area is 169 Å². The van der Waals surface area contributed by atoms with Crippen LogP contribution in [0.25, 0.3) is 5.82 Å². The molecule has 29 heavy (non-hydrogen) atoms. The number of rotatable bonds is 4. The number of carbonyl (C=O) groups is 1. The molecule has 2 aromatic heterocycles. The summed E-state index contributed by atoms with van der Waals surface area (Å²) in [7, 11) is -3.18. The lowest BCUT2D eigenvalue weighted by molar-refractivity contribution is -0.137. The van der Waals surface area contributed by atoms with Gasteiger partial charge in [0.2, 0.25) is 15.9 Å². The van der Waals surface area contributed by atoms with Crippen LogP contribution < -0.4 is 4.90 Å². The molecule has 11 nitrogen and oxygen atoms in total. The number of aromatic nitrogens is 5. The van der Waals surface area contributed by atoms with Gasteiger partial charge in [0, 0.05) is 51.3 Å². The molecule has 0 atom stereocenters. The first kappa shape index (κ1) is 19.7. The lowest BCUT2D eigenvalue weighted by atomic mass is 9.96. The van der Waals surface area contributed by atoms with Gasteiger partial charge in [0.25, 0.3) is 0 Å². The molecule has 4 rings (SSSR count). The van der Waals surface area contributed by atoms with Crippen LogP contribution in [0.3, 0.4) is 0 Å². The van der Waals surface area contributed by atoms with Gasteiger partial charge in [-0.3, -0.25) is 4.79 Å². The normalized spacial score (nSPS) is 19.5. The molecule has 0 saturated carbocycles. The highest BCUT2D eigenvalue weighted by Crippen LogP contribution is 2.23. The summed E-state index contributed by atoms with van der Waals surface area (Å²) in [6.07, 6.45) is 6.91. The zero-order valence-corrected chi connectivity index (χ0v) is 17.1. The zero-order chi connectivity index (χ0) is 20.4. The number of sulfonamides is 1. The van der Waals surface area contributed by atoms with Crippen molar-refractivity contribution in [3.05, 3.63) is 25.0 Å². The predicted octanol–water partition coefficient (Wildman–Crippen LogP) is -0.622. The van der Waals surface area contributed by atoms with E-state index >= 15 is 0 Å². The number of piperidine rings is 1. The number of amides is 1. The SMILES string of the molecule is CS(=O)(=O)N1CCC(C(=O)N2CCN(c3cc(-n4cncn4)ncn3)CC2)CC1. The number of hydrogen-bond acceptors (Lipinski definition) is 8. The predicted molar refractivity (Wildman–Crippen MR) is 105 cm³/mol. The summed E-state index contributed by atoms with van der Waals surface area (Å²) in [6.45, 7) is 3.44. The van der Waals surface area contributed by atoms with Crippen LogP contribution in [0.2, 0.25) is 0 Å². The molecule has 2 aliphatic rings. The summed E-state index contributed by atoms with van der Waals surface area (Å²) < 4.78 is 26.3. The minimum atomic E-state index is -3.18. The molecule has 4 heterocycles. The first-order valence-corrected chi connectivity index (χ1v) is 11.4. The fourth-order valence-electron chi connectivity index (χ4n) is 3.81. The molecule has 2 saturated heterocycles. The van der Waals surface area contributed by atoms with E-state index in [1.165, 1.54) is 23.2 Å². The first-order valence-electron chi connectivity index (χ1n) is 9.58. The van der Waals surface area contributed by atoms with Crippen LogP contribution in [0.5, 0.6) is 0 Å². The second-order valence-corrected chi connectivity index (χ2v) is 9.31.